The average Bonchev–Trinajstić information content (AvgIpc) is 2.35. The molecule has 0 saturated heterocycles. The number of rotatable bonds is 5. The molecule has 3 nitrogen and oxygen atoms in total. The molecule has 1 aromatic heterocycles. The number of carboxylic acids is 1. The second-order valence-corrected chi connectivity index (χ2v) is 4.50. The third kappa shape index (κ3) is 2.86. The first-order valence-corrected chi connectivity index (χ1v) is 6.29. The highest BCUT2D eigenvalue weighted by molar-refractivity contribution is 5.84. The van der Waals surface area contributed by atoms with Crippen LogP contribution in [0.4, 0.5) is 0 Å². The lowest BCUT2D eigenvalue weighted by atomic mass is 9.99. The quantitative estimate of drug-likeness (QED) is 0.877. The molecule has 0 radical (unpaired) electrons. The van der Waals surface area contributed by atoms with Gasteiger partial charge in [-0.25, -0.2) is 0 Å². The van der Waals surface area contributed by atoms with E-state index in [0.29, 0.717) is 0 Å². The minimum absolute atomic E-state index is 0.0734. The van der Waals surface area contributed by atoms with E-state index in [4.69, 9.17) is 5.11 Å². The molecular weight excluding hydrogens is 226 g/mol. The summed E-state index contributed by atoms with van der Waals surface area (Å²) in [5.41, 5.74) is 3.01. The molecule has 1 N–H and O–H groups in total. The van der Waals surface area contributed by atoms with E-state index >= 15 is 0 Å². The second kappa shape index (κ2) is 5.63. The zero-order chi connectivity index (χ0) is 13.0. The predicted octanol–water partition coefficient (Wildman–Crippen LogP) is 3.20. The number of hydrogen-bond acceptors (Lipinski definition) is 2. The molecule has 0 spiro atoms. The summed E-state index contributed by atoms with van der Waals surface area (Å²) < 4.78 is 0. The molecule has 2 aromatic rings. The molecule has 1 aromatic carbocycles. The Hall–Kier alpha value is -1.90. The first-order chi connectivity index (χ1) is 8.70. The Kier molecular flexibility index (Phi) is 3.92. The van der Waals surface area contributed by atoms with Crippen LogP contribution in [0.3, 0.4) is 0 Å². The Morgan fingerprint density at radius 2 is 2.22 bits per heavy atom. The SMILES string of the molecule is CCCCc1cc(CC(=O)O)cc2cccnc12. The normalized spacial score (nSPS) is 10.7. The van der Waals surface area contributed by atoms with Gasteiger partial charge in [0.15, 0.2) is 0 Å². The molecule has 0 saturated carbocycles. The van der Waals surface area contributed by atoms with Gasteiger partial charge in [0.05, 0.1) is 11.9 Å². The van der Waals surface area contributed by atoms with Crippen molar-refractivity contribution in [3.63, 3.8) is 0 Å². The summed E-state index contributed by atoms with van der Waals surface area (Å²) in [7, 11) is 0. The Morgan fingerprint density at radius 3 is 2.94 bits per heavy atom. The summed E-state index contributed by atoms with van der Waals surface area (Å²) in [5.74, 6) is -0.792. The fraction of sp³-hybridized carbons (Fsp3) is 0.333. The number of carbonyl (C=O) groups is 1. The van der Waals surface area contributed by atoms with Crippen LogP contribution in [-0.2, 0) is 17.6 Å². The van der Waals surface area contributed by atoms with Crippen molar-refractivity contribution in [3.8, 4) is 0 Å². The zero-order valence-electron chi connectivity index (χ0n) is 10.5. The number of aromatic nitrogens is 1. The van der Waals surface area contributed by atoms with Crippen molar-refractivity contribution in [2.75, 3.05) is 0 Å². The summed E-state index contributed by atoms with van der Waals surface area (Å²) in [5, 5.41) is 9.92. The number of benzene rings is 1. The zero-order valence-corrected chi connectivity index (χ0v) is 10.5. The number of pyridine rings is 1. The topological polar surface area (TPSA) is 50.2 Å². The molecule has 0 aliphatic carbocycles. The van der Waals surface area contributed by atoms with Crippen LogP contribution in [0.25, 0.3) is 10.9 Å². The van der Waals surface area contributed by atoms with Crippen LogP contribution < -0.4 is 0 Å². The van der Waals surface area contributed by atoms with Crippen LogP contribution in [-0.4, -0.2) is 16.1 Å². The van der Waals surface area contributed by atoms with E-state index in [0.717, 1.165) is 41.3 Å². The molecule has 94 valence electrons. The fourth-order valence-corrected chi connectivity index (χ4v) is 2.17. The Bertz CT molecular complexity index is 563. The summed E-state index contributed by atoms with van der Waals surface area (Å²) in [6, 6.07) is 7.78. The van der Waals surface area contributed by atoms with Crippen LogP contribution in [0, 0.1) is 0 Å². The number of fused-ring (bicyclic) bond motifs is 1. The molecule has 0 unspecified atom stereocenters. The highest BCUT2D eigenvalue weighted by Crippen LogP contribution is 2.21. The fourth-order valence-electron chi connectivity index (χ4n) is 2.17. The van der Waals surface area contributed by atoms with Crippen LogP contribution in [0.2, 0.25) is 0 Å². The highest BCUT2D eigenvalue weighted by atomic mass is 16.4. The number of unbranched alkanes of at least 4 members (excludes halogenated alkanes) is 1. The van der Waals surface area contributed by atoms with Gasteiger partial charge in [-0.15, -0.1) is 0 Å². The van der Waals surface area contributed by atoms with Gasteiger partial charge in [-0.1, -0.05) is 25.5 Å². The summed E-state index contributed by atoms with van der Waals surface area (Å²) in [6.07, 6.45) is 5.04. The predicted molar refractivity (Wildman–Crippen MR) is 71.7 cm³/mol. The maximum Gasteiger partial charge on any atom is 0.307 e. The maximum atomic E-state index is 10.8. The van der Waals surface area contributed by atoms with Gasteiger partial charge in [-0.3, -0.25) is 9.78 Å². The molecule has 0 atom stereocenters. The van der Waals surface area contributed by atoms with E-state index in [-0.39, 0.29) is 6.42 Å². The molecule has 3 heteroatoms. The Morgan fingerprint density at radius 1 is 1.39 bits per heavy atom. The minimum Gasteiger partial charge on any atom is -0.481 e. The van der Waals surface area contributed by atoms with E-state index in [1.807, 2.05) is 24.3 Å². The third-order valence-electron chi connectivity index (χ3n) is 3.00. The standard InChI is InChI=1S/C15H17NO2/c1-2-3-5-12-8-11(10-14(17)18)9-13-6-4-7-16-15(12)13/h4,6-9H,2-3,5,10H2,1H3,(H,17,18). The van der Waals surface area contributed by atoms with Gasteiger partial charge in [-0.05, 0) is 36.1 Å². The van der Waals surface area contributed by atoms with Crippen LogP contribution in [0.15, 0.2) is 30.5 Å². The number of hydrogen-bond donors (Lipinski definition) is 1. The van der Waals surface area contributed by atoms with Crippen molar-refractivity contribution >= 4 is 16.9 Å². The van der Waals surface area contributed by atoms with Crippen molar-refractivity contribution in [2.45, 2.75) is 32.6 Å². The van der Waals surface area contributed by atoms with E-state index in [2.05, 4.69) is 11.9 Å². The van der Waals surface area contributed by atoms with Gasteiger partial charge in [0.25, 0.3) is 0 Å². The van der Waals surface area contributed by atoms with Gasteiger partial charge >= 0.3 is 5.97 Å². The number of aliphatic carboxylic acids is 1. The lowest BCUT2D eigenvalue weighted by molar-refractivity contribution is -0.136. The second-order valence-electron chi connectivity index (χ2n) is 4.50. The van der Waals surface area contributed by atoms with Crippen molar-refractivity contribution in [1.29, 1.82) is 0 Å². The summed E-state index contributed by atoms with van der Waals surface area (Å²) >= 11 is 0. The first-order valence-electron chi connectivity index (χ1n) is 6.29. The van der Waals surface area contributed by atoms with Crippen LogP contribution >= 0.6 is 0 Å². The van der Waals surface area contributed by atoms with Gasteiger partial charge in [0.2, 0.25) is 0 Å². The van der Waals surface area contributed by atoms with Gasteiger partial charge in [0, 0.05) is 11.6 Å². The van der Waals surface area contributed by atoms with Crippen LogP contribution in [0.1, 0.15) is 30.9 Å². The highest BCUT2D eigenvalue weighted by Gasteiger charge is 2.07. The number of carboxylic acid groups (broad SMARTS) is 1. The minimum atomic E-state index is -0.792. The molecule has 1 heterocycles. The summed E-state index contributed by atoms with van der Waals surface area (Å²) in [4.78, 5) is 15.2. The van der Waals surface area contributed by atoms with E-state index in [9.17, 15) is 4.79 Å². The third-order valence-corrected chi connectivity index (χ3v) is 3.00. The van der Waals surface area contributed by atoms with Crippen molar-refractivity contribution in [1.82, 2.24) is 4.98 Å². The molecule has 0 aliphatic rings. The first kappa shape index (κ1) is 12.6. The van der Waals surface area contributed by atoms with Gasteiger partial charge in [-0.2, -0.15) is 0 Å². The van der Waals surface area contributed by atoms with Crippen molar-refractivity contribution in [2.24, 2.45) is 0 Å². The Balaban J connectivity index is 2.46. The number of aryl methyl sites for hydroxylation is 1. The molecule has 0 fully saturated rings. The smallest absolute Gasteiger partial charge is 0.307 e. The lowest BCUT2D eigenvalue weighted by Gasteiger charge is -2.08. The largest absolute Gasteiger partial charge is 0.481 e. The maximum absolute atomic E-state index is 10.8. The average molecular weight is 243 g/mol. The molecular formula is C15H17NO2. The Labute approximate surface area is 106 Å². The summed E-state index contributed by atoms with van der Waals surface area (Å²) in [6.45, 7) is 2.15. The molecule has 0 amide bonds. The van der Waals surface area contributed by atoms with E-state index < -0.39 is 5.97 Å². The van der Waals surface area contributed by atoms with Crippen molar-refractivity contribution < 1.29 is 9.90 Å². The molecule has 18 heavy (non-hydrogen) atoms. The number of nitrogens with zero attached hydrogens (tertiary/aromatic N) is 1. The molecule has 2 rings (SSSR count). The van der Waals surface area contributed by atoms with Gasteiger partial charge < -0.3 is 5.11 Å². The van der Waals surface area contributed by atoms with Gasteiger partial charge in [0.1, 0.15) is 0 Å². The lowest BCUT2D eigenvalue weighted by Crippen LogP contribution is -2.01. The van der Waals surface area contributed by atoms with E-state index in [1.54, 1.807) is 6.20 Å². The molecule has 0 aliphatic heterocycles. The van der Waals surface area contributed by atoms with Crippen LogP contribution in [0.5, 0.6) is 0 Å². The monoisotopic (exact) mass is 243 g/mol. The van der Waals surface area contributed by atoms with E-state index in [1.165, 1.54) is 0 Å². The van der Waals surface area contributed by atoms with Crippen molar-refractivity contribution in [3.05, 3.63) is 41.6 Å². The molecule has 0 bridgehead atoms.